The zero-order chi connectivity index (χ0) is 29.2. The van der Waals surface area contributed by atoms with Gasteiger partial charge in [-0.05, 0) is 59.2 Å². The third-order valence-corrected chi connectivity index (χ3v) is 7.74. The number of anilines is 1. The number of phenolic OH excluding ortho intramolecular Hbond substituents is 1. The fourth-order valence-electron chi connectivity index (χ4n) is 5.94. The van der Waals surface area contributed by atoms with Crippen LogP contribution in [-0.4, -0.2) is 31.5 Å². The minimum atomic E-state index is -5.02. The molecule has 0 fully saturated rings. The predicted octanol–water partition coefficient (Wildman–Crippen LogP) is 6.48. The van der Waals surface area contributed by atoms with E-state index in [2.05, 4.69) is 10.3 Å². The molecule has 0 amide bonds. The number of benzene rings is 2. The highest BCUT2D eigenvalue weighted by Crippen LogP contribution is 2.57. The van der Waals surface area contributed by atoms with E-state index in [1.54, 1.807) is 38.1 Å². The molecule has 2 heterocycles. The highest BCUT2D eigenvalue weighted by Gasteiger charge is 2.64. The Morgan fingerprint density at radius 1 is 1.07 bits per heavy atom. The van der Waals surface area contributed by atoms with Gasteiger partial charge in [0.15, 0.2) is 5.60 Å². The maximum atomic E-state index is 14.7. The van der Waals surface area contributed by atoms with Crippen LogP contribution in [0.25, 0.3) is 16.6 Å². The van der Waals surface area contributed by atoms with E-state index in [1.165, 1.54) is 35.0 Å². The molecule has 2 atom stereocenters. The summed E-state index contributed by atoms with van der Waals surface area (Å²) in [6.07, 6.45) is -4.52. The molecule has 0 bridgehead atoms. The van der Waals surface area contributed by atoms with Crippen LogP contribution in [-0.2, 0) is 5.41 Å². The minimum Gasteiger partial charge on any atom is -0.507 e. The topological polar surface area (TPSA) is 87.4 Å². The highest BCUT2D eigenvalue weighted by atomic mass is 19.4. The second-order valence-electron chi connectivity index (χ2n) is 11.3. The second-order valence-corrected chi connectivity index (χ2v) is 11.3. The van der Waals surface area contributed by atoms with Crippen LogP contribution in [0.1, 0.15) is 62.8 Å². The van der Waals surface area contributed by atoms with Crippen LogP contribution in [0.4, 0.5) is 23.2 Å². The van der Waals surface area contributed by atoms with E-state index >= 15 is 0 Å². The molecule has 0 aliphatic heterocycles. The number of aromatic nitrogens is 2. The van der Waals surface area contributed by atoms with Crippen LogP contribution >= 0.6 is 0 Å². The molecule has 1 aliphatic carbocycles. The van der Waals surface area contributed by atoms with Gasteiger partial charge < -0.3 is 15.5 Å². The maximum Gasteiger partial charge on any atom is 0.419 e. The molecule has 2 unspecified atom stereocenters. The smallest absolute Gasteiger partial charge is 0.419 e. The number of nitrogens with one attached hydrogen (secondary N) is 1. The van der Waals surface area contributed by atoms with Gasteiger partial charge in [-0.25, -0.2) is 4.98 Å². The van der Waals surface area contributed by atoms with Gasteiger partial charge in [0.2, 0.25) is 5.95 Å². The number of aliphatic hydroxyl groups is 1. The number of hydrogen-bond donors (Lipinski definition) is 3. The Kier molecular flexibility index (Phi) is 6.45. The number of hydrogen-bond acceptors (Lipinski definition) is 5. The van der Waals surface area contributed by atoms with Crippen molar-refractivity contribution in [1.29, 1.82) is 0 Å². The van der Waals surface area contributed by atoms with Crippen LogP contribution in [0.2, 0.25) is 0 Å². The Morgan fingerprint density at radius 2 is 1.80 bits per heavy atom. The van der Waals surface area contributed by atoms with E-state index in [4.69, 9.17) is 0 Å². The molecule has 5 rings (SSSR count). The quantitative estimate of drug-likeness (QED) is 0.198. The van der Waals surface area contributed by atoms with Gasteiger partial charge in [-0.15, -0.1) is 0 Å². The van der Waals surface area contributed by atoms with Gasteiger partial charge in [0, 0.05) is 22.7 Å². The Hall–Kier alpha value is -3.92. The molecule has 10 heteroatoms. The van der Waals surface area contributed by atoms with Gasteiger partial charge in [-0.2, -0.15) is 17.6 Å². The van der Waals surface area contributed by atoms with Crippen LogP contribution in [0.3, 0.4) is 0 Å². The van der Waals surface area contributed by atoms with Crippen molar-refractivity contribution in [2.45, 2.75) is 63.3 Å². The number of halogens is 4. The summed E-state index contributed by atoms with van der Waals surface area (Å²) in [7, 11) is 0. The van der Waals surface area contributed by atoms with Crippen molar-refractivity contribution < 1.29 is 27.8 Å². The fraction of sp³-hybridized carbons (Fsp3) is 0.333. The van der Waals surface area contributed by atoms with E-state index in [9.17, 15) is 32.6 Å². The molecule has 0 spiro atoms. The summed E-state index contributed by atoms with van der Waals surface area (Å²) < 4.78 is 58.7. The summed E-state index contributed by atoms with van der Waals surface area (Å²) in [4.78, 5) is 16.4. The molecule has 2 aromatic heterocycles. The summed E-state index contributed by atoms with van der Waals surface area (Å²) in [5.74, 6) is -0.885. The molecule has 6 nitrogen and oxygen atoms in total. The van der Waals surface area contributed by atoms with Crippen LogP contribution < -0.4 is 10.9 Å². The lowest BCUT2D eigenvalue weighted by atomic mass is 9.62. The van der Waals surface area contributed by atoms with E-state index in [0.29, 0.717) is 22.0 Å². The number of rotatable bonds is 4. The number of aromatic hydroxyl groups is 1. The van der Waals surface area contributed by atoms with Crippen molar-refractivity contribution >= 4 is 16.6 Å². The molecule has 1 aliphatic rings. The largest absolute Gasteiger partial charge is 0.507 e. The van der Waals surface area contributed by atoms with Crippen LogP contribution in [0, 0.1) is 5.95 Å². The lowest BCUT2D eigenvalue weighted by Gasteiger charge is -2.49. The monoisotopic (exact) mass is 555 g/mol. The third kappa shape index (κ3) is 4.30. The van der Waals surface area contributed by atoms with Crippen LogP contribution in [0.5, 0.6) is 5.75 Å². The van der Waals surface area contributed by atoms with E-state index < -0.39 is 41.2 Å². The van der Waals surface area contributed by atoms with Gasteiger partial charge in [0.1, 0.15) is 5.75 Å². The molecular weight excluding hydrogens is 526 g/mol. The first-order chi connectivity index (χ1) is 18.7. The van der Waals surface area contributed by atoms with Crippen molar-refractivity contribution in [3.8, 4) is 11.4 Å². The molecule has 40 heavy (non-hydrogen) atoms. The van der Waals surface area contributed by atoms with Crippen molar-refractivity contribution in [3.63, 3.8) is 0 Å². The van der Waals surface area contributed by atoms with Gasteiger partial charge in [-0.1, -0.05) is 45.9 Å². The van der Waals surface area contributed by atoms with Gasteiger partial charge >= 0.3 is 6.18 Å². The molecule has 2 aromatic carbocycles. The molecule has 4 aromatic rings. The van der Waals surface area contributed by atoms with Crippen LogP contribution in [0.15, 0.2) is 65.6 Å². The lowest BCUT2D eigenvalue weighted by Crippen LogP contribution is -2.58. The first-order valence-corrected chi connectivity index (χ1v) is 12.8. The first-order valence-electron chi connectivity index (χ1n) is 12.8. The zero-order valence-corrected chi connectivity index (χ0v) is 22.3. The number of alkyl halides is 3. The SMILES string of the molecule is CC(C)c1ccc2c(c1O)C(C)(C)CC(O)(C(F)(F)F)C2Nc1cccc2c1ccc(=O)n2-c1ccc(F)nc1. The average Bonchev–Trinajstić information content (AvgIpc) is 2.85. The second kappa shape index (κ2) is 9.33. The average molecular weight is 556 g/mol. The molecule has 210 valence electrons. The Morgan fingerprint density at radius 3 is 2.42 bits per heavy atom. The fourth-order valence-corrected chi connectivity index (χ4v) is 5.94. The third-order valence-electron chi connectivity index (χ3n) is 7.74. The molecule has 0 radical (unpaired) electrons. The van der Waals surface area contributed by atoms with Crippen molar-refractivity contribution in [1.82, 2.24) is 9.55 Å². The number of nitrogens with zero attached hydrogens (tertiary/aromatic N) is 2. The minimum absolute atomic E-state index is 0.0771. The highest BCUT2D eigenvalue weighted by molar-refractivity contribution is 5.92. The molecule has 0 saturated heterocycles. The number of phenols is 1. The van der Waals surface area contributed by atoms with Crippen molar-refractivity contribution in [2.24, 2.45) is 0 Å². The molecular formula is C30H29F4N3O3. The summed E-state index contributed by atoms with van der Waals surface area (Å²) in [5.41, 5.74) is -2.91. The van der Waals surface area contributed by atoms with Gasteiger partial charge in [-0.3, -0.25) is 9.36 Å². The summed E-state index contributed by atoms with van der Waals surface area (Å²) in [6.45, 7) is 6.92. The lowest BCUT2D eigenvalue weighted by molar-refractivity contribution is -0.275. The van der Waals surface area contributed by atoms with Gasteiger partial charge in [0.05, 0.1) is 23.4 Å². The Labute approximate surface area is 227 Å². The summed E-state index contributed by atoms with van der Waals surface area (Å²) >= 11 is 0. The van der Waals surface area contributed by atoms with E-state index in [-0.39, 0.29) is 28.6 Å². The first kappa shape index (κ1) is 27.6. The molecule has 0 saturated carbocycles. The summed E-state index contributed by atoms with van der Waals surface area (Å²) in [6, 6.07) is 11.4. The normalized spacial score (nSPS) is 20.5. The zero-order valence-electron chi connectivity index (χ0n) is 22.3. The molecule has 3 N–H and O–H groups in total. The van der Waals surface area contributed by atoms with Crippen molar-refractivity contribution in [3.05, 3.63) is 93.8 Å². The van der Waals surface area contributed by atoms with E-state index in [1.807, 2.05) is 13.8 Å². The Bertz CT molecular complexity index is 1660. The van der Waals surface area contributed by atoms with E-state index in [0.717, 1.165) is 6.07 Å². The number of pyridine rings is 2. The number of fused-ring (bicyclic) bond motifs is 2. The maximum absolute atomic E-state index is 14.7. The predicted molar refractivity (Wildman–Crippen MR) is 145 cm³/mol. The van der Waals surface area contributed by atoms with Crippen molar-refractivity contribution in [2.75, 3.05) is 5.32 Å². The Balaban J connectivity index is 1.73. The summed E-state index contributed by atoms with van der Waals surface area (Å²) in [5, 5.41) is 25.9. The standard InChI is InChI=1S/C30H29F4N3O3/c1-16(2)18-9-10-20-25(26(18)39)28(3,4)15-29(40,30(32,33)34)27(20)36-21-6-5-7-22-19(21)11-13-24(38)37(22)17-8-12-23(31)35-14-17/h5-14,16,27,36,39-40H,15H2,1-4H3. The van der Waals surface area contributed by atoms with Gasteiger partial charge in [0.25, 0.3) is 5.56 Å².